The maximum Gasteiger partial charge on any atom is 0.522 e. The Bertz CT molecular complexity index is 1130. The van der Waals surface area contributed by atoms with E-state index in [2.05, 4.69) is 20.3 Å². The number of alkyl halides is 3. The summed E-state index contributed by atoms with van der Waals surface area (Å²) < 4.78 is 65.9. The van der Waals surface area contributed by atoms with Gasteiger partial charge in [-0.2, -0.15) is 0 Å². The molecule has 2 aromatic rings. The first-order chi connectivity index (χ1) is 17.0. The van der Waals surface area contributed by atoms with E-state index in [1.54, 1.807) is 0 Å². The number of aliphatic hydroxyl groups excluding tert-OH is 1. The van der Waals surface area contributed by atoms with Crippen molar-refractivity contribution in [3.05, 3.63) is 40.8 Å². The molecule has 2 N–H and O–H groups in total. The number of rotatable bonds is 7. The third-order valence-corrected chi connectivity index (χ3v) is 7.92. The van der Waals surface area contributed by atoms with Gasteiger partial charge in [-0.3, -0.25) is 9.53 Å². The Kier molecular flexibility index (Phi) is 6.40. The maximum absolute atomic E-state index is 13.6. The number of hydrogen-bond acceptors (Lipinski definition) is 7. The van der Waals surface area contributed by atoms with Gasteiger partial charge in [-0.1, -0.05) is 11.6 Å². The second-order valence-corrected chi connectivity index (χ2v) is 10.3. The number of nitrogens with one attached hydrogen (secondary N) is 1. The van der Waals surface area contributed by atoms with Crippen LogP contribution in [0.5, 0.6) is 5.75 Å². The normalized spacial score (nSPS) is 31.7. The molecule has 0 spiro atoms. The number of nitrogens with zero attached hydrogens (tertiary/aromatic N) is 2. The molecular formula is C23H24ClF4N3O5. The summed E-state index contributed by atoms with van der Waals surface area (Å²) in [4.78, 5) is 12.6. The molecule has 1 amide bonds. The van der Waals surface area contributed by atoms with Crippen molar-refractivity contribution in [3.63, 3.8) is 0 Å². The van der Waals surface area contributed by atoms with Gasteiger partial charge in [-0.25, -0.2) is 4.39 Å². The van der Waals surface area contributed by atoms with Crippen LogP contribution < -0.4 is 10.1 Å². The minimum absolute atomic E-state index is 0.0533. The van der Waals surface area contributed by atoms with Crippen molar-refractivity contribution in [1.29, 1.82) is 0 Å². The van der Waals surface area contributed by atoms with Gasteiger partial charge in [0.25, 0.3) is 5.91 Å². The van der Waals surface area contributed by atoms with E-state index < -0.39 is 41.2 Å². The van der Waals surface area contributed by atoms with Crippen LogP contribution in [0, 0.1) is 5.82 Å². The summed E-state index contributed by atoms with van der Waals surface area (Å²) in [7, 11) is 0. The minimum atomic E-state index is -4.67. The zero-order valence-electron chi connectivity index (χ0n) is 19.0. The van der Waals surface area contributed by atoms with Crippen LogP contribution in [0.2, 0.25) is 5.02 Å². The number of halogens is 5. The van der Waals surface area contributed by atoms with Gasteiger partial charge in [0.1, 0.15) is 11.6 Å². The van der Waals surface area contributed by atoms with Crippen LogP contribution in [0.15, 0.2) is 22.6 Å². The highest BCUT2D eigenvalue weighted by Crippen LogP contribution is 2.54. The van der Waals surface area contributed by atoms with E-state index in [-0.39, 0.29) is 42.0 Å². The summed E-state index contributed by atoms with van der Waals surface area (Å²) in [6.45, 7) is -0.353. The van der Waals surface area contributed by atoms with Crippen LogP contribution in [0.3, 0.4) is 0 Å². The smallest absolute Gasteiger partial charge is 0.484 e. The van der Waals surface area contributed by atoms with Gasteiger partial charge in [-0.15, -0.1) is 23.4 Å². The average molecular weight is 534 g/mol. The quantitative estimate of drug-likeness (QED) is 0.515. The molecule has 1 aromatic heterocycles. The molecule has 4 aliphatic rings. The van der Waals surface area contributed by atoms with Crippen LogP contribution in [0.1, 0.15) is 62.6 Å². The third kappa shape index (κ3) is 4.90. The van der Waals surface area contributed by atoms with E-state index >= 15 is 0 Å². The summed E-state index contributed by atoms with van der Waals surface area (Å²) >= 11 is 5.64. The van der Waals surface area contributed by atoms with Gasteiger partial charge in [0.05, 0.1) is 28.2 Å². The van der Waals surface area contributed by atoms with Gasteiger partial charge >= 0.3 is 6.36 Å². The molecule has 36 heavy (non-hydrogen) atoms. The number of aliphatic hydroxyl groups is 1. The molecule has 6 rings (SSSR count). The van der Waals surface area contributed by atoms with Gasteiger partial charge in [-0.05, 0) is 57.1 Å². The zero-order chi connectivity index (χ0) is 25.7. The Morgan fingerprint density at radius 3 is 2.58 bits per heavy atom. The fourth-order valence-electron chi connectivity index (χ4n) is 5.48. The van der Waals surface area contributed by atoms with E-state index in [1.165, 1.54) is 12.1 Å². The molecule has 0 radical (unpaired) electrons. The number of carbonyl (C=O) groups excluding carboxylic acids is 1. The molecule has 2 bridgehead atoms. The molecule has 1 unspecified atom stereocenters. The largest absolute Gasteiger partial charge is 0.522 e. The lowest BCUT2D eigenvalue weighted by Gasteiger charge is -2.54. The van der Waals surface area contributed by atoms with Crippen molar-refractivity contribution in [3.8, 4) is 5.75 Å². The number of aromatic nitrogens is 2. The van der Waals surface area contributed by atoms with Gasteiger partial charge in [0.2, 0.25) is 11.8 Å². The number of ether oxygens (including phenoxy) is 2. The predicted molar refractivity (Wildman–Crippen MR) is 116 cm³/mol. The second kappa shape index (κ2) is 9.14. The van der Waals surface area contributed by atoms with Crippen molar-refractivity contribution in [2.45, 2.75) is 80.4 Å². The van der Waals surface area contributed by atoms with Crippen molar-refractivity contribution in [2.24, 2.45) is 0 Å². The summed E-state index contributed by atoms with van der Waals surface area (Å²) in [5.41, 5.74) is -1.38. The van der Waals surface area contributed by atoms with Crippen molar-refractivity contribution >= 4 is 17.5 Å². The first-order valence-corrected chi connectivity index (χ1v) is 12.0. The zero-order valence-corrected chi connectivity index (χ0v) is 19.7. The van der Waals surface area contributed by atoms with E-state index in [4.69, 9.17) is 20.8 Å². The fraction of sp³-hybridized carbons (Fsp3) is 0.609. The highest BCUT2D eigenvalue weighted by molar-refractivity contribution is 6.30. The number of benzene rings is 1. The lowest BCUT2D eigenvalue weighted by atomic mass is 9.55. The second-order valence-electron chi connectivity index (χ2n) is 9.87. The molecule has 1 heterocycles. The van der Waals surface area contributed by atoms with E-state index in [9.17, 15) is 27.5 Å². The Morgan fingerprint density at radius 2 is 1.94 bits per heavy atom. The lowest BCUT2D eigenvalue weighted by molar-refractivity contribution is -0.352. The molecule has 196 valence electrons. The average Bonchev–Trinajstić information content (AvgIpc) is 3.28. The first-order valence-electron chi connectivity index (χ1n) is 11.6. The van der Waals surface area contributed by atoms with Crippen LogP contribution in [-0.2, 0) is 14.9 Å². The van der Waals surface area contributed by atoms with E-state index in [0.717, 1.165) is 6.07 Å². The standard InChI is InChI=1S/C23H24ClF4N3O5/c24-15-2-1-13(9-16(15)25)34-11-18(33)29-22-5-3-21(4-6-22,10-17(22)32)20-31-30-19(35-20)12-7-14(8-12)36-23(26,27)28/h1-2,9,12,14,17,32H,3-8,10-11H2,(H,29,33). The van der Waals surface area contributed by atoms with Gasteiger partial charge < -0.3 is 19.6 Å². The maximum atomic E-state index is 13.6. The Labute approximate surface area is 208 Å². The van der Waals surface area contributed by atoms with Crippen molar-refractivity contribution in [1.82, 2.24) is 15.5 Å². The minimum Gasteiger partial charge on any atom is -0.484 e. The molecule has 8 nitrogen and oxygen atoms in total. The monoisotopic (exact) mass is 533 g/mol. The summed E-state index contributed by atoms with van der Waals surface area (Å²) in [6, 6.07) is 3.87. The molecule has 4 saturated carbocycles. The Hall–Kier alpha value is -2.44. The third-order valence-electron chi connectivity index (χ3n) is 7.61. The fourth-order valence-corrected chi connectivity index (χ4v) is 5.60. The number of carbonyl (C=O) groups is 1. The van der Waals surface area contributed by atoms with E-state index in [0.29, 0.717) is 38.0 Å². The number of hydrogen-bond donors (Lipinski definition) is 2. The SMILES string of the molecule is O=C(COc1ccc(Cl)c(F)c1)NC12CCC(c3nnc(C4CC(OC(F)(F)F)C4)o3)(CC1)CC2O. The molecule has 1 atom stereocenters. The lowest BCUT2D eigenvalue weighted by Crippen LogP contribution is -2.66. The topological polar surface area (TPSA) is 107 Å². The van der Waals surface area contributed by atoms with E-state index in [1.807, 2.05) is 0 Å². The molecule has 4 fully saturated rings. The van der Waals surface area contributed by atoms with Crippen LogP contribution in [0.25, 0.3) is 0 Å². The molecule has 13 heteroatoms. The first kappa shape index (κ1) is 25.2. The molecule has 0 saturated heterocycles. The Balaban J connectivity index is 1.17. The van der Waals surface area contributed by atoms with Crippen molar-refractivity contribution < 1.29 is 41.4 Å². The van der Waals surface area contributed by atoms with Gasteiger partial charge in [0.15, 0.2) is 6.61 Å². The summed E-state index contributed by atoms with van der Waals surface area (Å²) in [6.07, 6.45) is -3.76. The summed E-state index contributed by atoms with van der Waals surface area (Å²) in [5.74, 6) is -0.590. The summed E-state index contributed by atoms with van der Waals surface area (Å²) in [5, 5.41) is 22.0. The van der Waals surface area contributed by atoms with Crippen LogP contribution in [0.4, 0.5) is 17.6 Å². The molecule has 4 aliphatic carbocycles. The highest BCUT2D eigenvalue weighted by Gasteiger charge is 2.57. The molecule has 0 aliphatic heterocycles. The number of amides is 1. The van der Waals surface area contributed by atoms with Crippen LogP contribution in [-0.4, -0.2) is 51.9 Å². The highest BCUT2D eigenvalue weighted by atomic mass is 35.5. The number of fused-ring (bicyclic) bond motifs is 3. The molecule has 1 aromatic carbocycles. The van der Waals surface area contributed by atoms with Crippen molar-refractivity contribution in [2.75, 3.05) is 6.61 Å². The van der Waals surface area contributed by atoms with Crippen LogP contribution >= 0.6 is 11.6 Å². The Morgan fingerprint density at radius 1 is 1.22 bits per heavy atom. The van der Waals surface area contributed by atoms with Gasteiger partial charge in [0, 0.05) is 12.0 Å². The predicted octanol–water partition coefficient (Wildman–Crippen LogP) is 4.15. The molecular weight excluding hydrogens is 510 g/mol.